The first kappa shape index (κ1) is 23.4. The van der Waals surface area contributed by atoms with E-state index in [4.69, 9.17) is 0 Å². The molecule has 4 nitrogen and oxygen atoms in total. The van der Waals surface area contributed by atoms with Crippen LogP contribution in [0.4, 0.5) is 0 Å². The van der Waals surface area contributed by atoms with Gasteiger partial charge in [-0.2, -0.15) is 0 Å². The van der Waals surface area contributed by atoms with Crippen LogP contribution in [-0.2, 0) is 15.1 Å². The van der Waals surface area contributed by atoms with Gasteiger partial charge in [-0.1, -0.05) is 56.7 Å². The molecule has 4 aliphatic rings. The highest BCUT2D eigenvalue weighted by atomic mass is 16.4. The summed E-state index contributed by atoms with van der Waals surface area (Å²) in [5.74, 6) is 0.140. The Morgan fingerprint density at radius 1 is 1.06 bits per heavy atom. The highest BCUT2D eigenvalue weighted by Gasteiger charge is 2.57. The van der Waals surface area contributed by atoms with Crippen LogP contribution in [0.15, 0.2) is 53.6 Å². The number of rotatable bonds is 4. The second kappa shape index (κ2) is 8.10. The van der Waals surface area contributed by atoms with Crippen molar-refractivity contribution in [3.63, 3.8) is 0 Å². The van der Waals surface area contributed by atoms with Crippen LogP contribution < -0.4 is 5.32 Å². The molecule has 4 heteroatoms. The van der Waals surface area contributed by atoms with Crippen LogP contribution in [0.25, 0.3) is 0 Å². The lowest BCUT2D eigenvalue weighted by Gasteiger charge is -2.57. The molecular formula is C30H39NO3. The molecule has 0 aromatic heterocycles. The van der Waals surface area contributed by atoms with Crippen molar-refractivity contribution in [3.8, 4) is 0 Å². The standard InChI is InChI=1S/C30H39NO3/c1-28(2,19-9-6-5-7-10-19)31-26(32)23-18-30(4)20(17-22(23)27(33)34)12-13-21-24-11-8-15-29(24,3)16-14-25(21)30/h5-7,9-10,12,17,21,23-25H,8,11,13-16,18H2,1-4H3,(H,31,32)(H,33,34)/t21-,23?,24-,25-,29-,30-/m0/s1. The third-order valence-corrected chi connectivity index (χ3v) is 10.1. The average molecular weight is 462 g/mol. The van der Waals surface area contributed by atoms with Gasteiger partial charge in [0.1, 0.15) is 0 Å². The smallest absolute Gasteiger partial charge is 0.332 e. The predicted molar refractivity (Wildman–Crippen MR) is 134 cm³/mol. The minimum atomic E-state index is -0.977. The maximum absolute atomic E-state index is 13.7. The van der Waals surface area contributed by atoms with E-state index in [0.717, 1.165) is 23.5 Å². The molecule has 1 aromatic rings. The topological polar surface area (TPSA) is 66.4 Å². The fraction of sp³-hybridized carbons (Fsp3) is 0.600. The fourth-order valence-corrected chi connectivity index (χ4v) is 8.17. The van der Waals surface area contributed by atoms with Gasteiger partial charge in [-0.05, 0) is 98.2 Å². The maximum Gasteiger partial charge on any atom is 0.332 e. The predicted octanol–water partition coefficient (Wildman–Crippen LogP) is 6.24. The number of allylic oxidation sites excluding steroid dienone is 3. The van der Waals surface area contributed by atoms with Gasteiger partial charge in [0.05, 0.1) is 11.5 Å². The molecule has 2 saturated carbocycles. The first-order valence-corrected chi connectivity index (χ1v) is 13.1. The maximum atomic E-state index is 13.7. The lowest BCUT2D eigenvalue weighted by molar-refractivity contribution is -0.137. The van der Waals surface area contributed by atoms with Crippen LogP contribution in [-0.4, -0.2) is 17.0 Å². The number of carbonyl (C=O) groups excluding carboxylic acids is 1. The Balaban J connectivity index is 1.46. The van der Waals surface area contributed by atoms with Gasteiger partial charge in [-0.3, -0.25) is 4.79 Å². The molecule has 2 N–H and O–H groups in total. The van der Waals surface area contributed by atoms with Crippen LogP contribution in [0.1, 0.15) is 78.2 Å². The van der Waals surface area contributed by atoms with Gasteiger partial charge in [0.25, 0.3) is 0 Å². The number of carboxylic acid groups (broad SMARTS) is 1. The molecule has 0 saturated heterocycles. The summed E-state index contributed by atoms with van der Waals surface area (Å²) in [5, 5.41) is 13.3. The number of carbonyl (C=O) groups is 2. The highest BCUT2D eigenvalue weighted by molar-refractivity contribution is 5.97. The summed E-state index contributed by atoms with van der Waals surface area (Å²) in [7, 11) is 0. The van der Waals surface area contributed by atoms with Crippen molar-refractivity contribution in [2.75, 3.05) is 0 Å². The normalized spacial score (nSPS) is 36.9. The summed E-state index contributed by atoms with van der Waals surface area (Å²) in [5.41, 5.74) is 2.15. The SMILES string of the molecule is CC(C)(NC(=O)C1C[C@@]2(C)C(=CC[C@H]3[C@@H]4CCC[C@@]4(C)CC[C@@H]32)C=C1C(=O)O)c1ccccc1. The number of carboxylic acids is 1. The van der Waals surface area contributed by atoms with Crippen molar-refractivity contribution in [3.05, 3.63) is 59.2 Å². The van der Waals surface area contributed by atoms with E-state index in [9.17, 15) is 14.7 Å². The monoisotopic (exact) mass is 461 g/mol. The number of nitrogens with one attached hydrogen (secondary N) is 1. The first-order chi connectivity index (χ1) is 16.1. The summed E-state index contributed by atoms with van der Waals surface area (Å²) in [6, 6.07) is 9.90. The van der Waals surface area contributed by atoms with Gasteiger partial charge in [-0.15, -0.1) is 0 Å². The van der Waals surface area contributed by atoms with Crippen LogP contribution in [0, 0.1) is 34.5 Å². The number of aliphatic carboxylic acids is 1. The second-order valence-electron chi connectivity index (χ2n) is 12.4. The summed E-state index contributed by atoms with van der Waals surface area (Å²) in [6.45, 7) is 8.77. The molecule has 2 fully saturated rings. The molecule has 1 unspecified atom stereocenters. The van der Waals surface area contributed by atoms with Gasteiger partial charge in [-0.25, -0.2) is 4.79 Å². The Labute approximate surface area is 203 Å². The van der Waals surface area contributed by atoms with Crippen LogP contribution in [0.5, 0.6) is 0 Å². The Morgan fingerprint density at radius 2 is 1.79 bits per heavy atom. The quantitative estimate of drug-likeness (QED) is 0.558. The van der Waals surface area contributed by atoms with Gasteiger partial charge in [0, 0.05) is 5.57 Å². The van der Waals surface area contributed by atoms with Crippen molar-refractivity contribution >= 4 is 11.9 Å². The van der Waals surface area contributed by atoms with E-state index in [0.29, 0.717) is 23.7 Å². The summed E-state index contributed by atoms with van der Waals surface area (Å²) in [4.78, 5) is 26.0. The molecule has 4 aliphatic carbocycles. The Hall–Kier alpha value is -2.36. The number of benzene rings is 1. The Kier molecular flexibility index (Phi) is 5.57. The summed E-state index contributed by atoms with van der Waals surface area (Å²) < 4.78 is 0. The first-order valence-electron chi connectivity index (χ1n) is 13.1. The highest BCUT2D eigenvalue weighted by Crippen LogP contribution is 2.65. The molecule has 34 heavy (non-hydrogen) atoms. The van der Waals surface area contributed by atoms with Gasteiger partial charge in [0.2, 0.25) is 5.91 Å². The zero-order valence-electron chi connectivity index (χ0n) is 21.1. The van der Waals surface area contributed by atoms with Crippen molar-refractivity contribution in [1.82, 2.24) is 5.32 Å². The summed E-state index contributed by atoms with van der Waals surface area (Å²) >= 11 is 0. The van der Waals surface area contributed by atoms with Crippen LogP contribution >= 0.6 is 0 Å². The van der Waals surface area contributed by atoms with Crippen LogP contribution in [0.3, 0.4) is 0 Å². The zero-order chi connectivity index (χ0) is 24.3. The lowest BCUT2D eigenvalue weighted by atomic mass is 9.48. The van der Waals surface area contributed by atoms with E-state index >= 15 is 0 Å². The third kappa shape index (κ3) is 3.65. The van der Waals surface area contributed by atoms with E-state index in [1.165, 1.54) is 32.1 Å². The molecule has 0 aliphatic heterocycles. The fourth-order valence-electron chi connectivity index (χ4n) is 8.17. The number of hydrogen-bond donors (Lipinski definition) is 2. The summed E-state index contributed by atoms with van der Waals surface area (Å²) in [6.07, 6.45) is 12.2. The van der Waals surface area contributed by atoms with Crippen LogP contribution in [0.2, 0.25) is 0 Å². The Morgan fingerprint density at radius 3 is 2.50 bits per heavy atom. The molecule has 0 heterocycles. The minimum absolute atomic E-state index is 0.148. The molecular weight excluding hydrogens is 422 g/mol. The molecule has 6 atom stereocenters. The molecule has 1 aromatic carbocycles. The second-order valence-corrected chi connectivity index (χ2v) is 12.4. The number of hydrogen-bond acceptors (Lipinski definition) is 2. The van der Waals surface area contributed by atoms with Crippen molar-refractivity contribution < 1.29 is 14.7 Å². The number of amides is 1. The zero-order valence-corrected chi connectivity index (χ0v) is 21.1. The minimum Gasteiger partial charge on any atom is -0.478 e. The molecule has 182 valence electrons. The van der Waals surface area contributed by atoms with E-state index in [-0.39, 0.29) is 16.9 Å². The van der Waals surface area contributed by atoms with Crippen molar-refractivity contribution in [1.29, 1.82) is 0 Å². The lowest BCUT2D eigenvalue weighted by Crippen LogP contribution is -2.52. The Bertz CT molecular complexity index is 1050. The average Bonchev–Trinajstić information content (AvgIpc) is 3.20. The van der Waals surface area contributed by atoms with E-state index in [1.54, 1.807) is 0 Å². The molecule has 0 spiro atoms. The van der Waals surface area contributed by atoms with Gasteiger partial charge < -0.3 is 10.4 Å². The van der Waals surface area contributed by atoms with E-state index in [1.807, 2.05) is 50.3 Å². The van der Waals surface area contributed by atoms with Crippen molar-refractivity contribution in [2.24, 2.45) is 34.5 Å². The molecule has 1 amide bonds. The van der Waals surface area contributed by atoms with Gasteiger partial charge in [0.15, 0.2) is 0 Å². The van der Waals surface area contributed by atoms with Crippen molar-refractivity contribution in [2.45, 2.75) is 78.2 Å². The van der Waals surface area contributed by atoms with Gasteiger partial charge >= 0.3 is 5.97 Å². The molecule has 0 bridgehead atoms. The number of fused-ring (bicyclic) bond motifs is 5. The van der Waals surface area contributed by atoms with E-state index < -0.39 is 17.4 Å². The van der Waals surface area contributed by atoms with E-state index in [2.05, 4.69) is 25.2 Å². The largest absolute Gasteiger partial charge is 0.478 e. The third-order valence-electron chi connectivity index (χ3n) is 10.1. The molecule has 0 radical (unpaired) electrons. The molecule has 5 rings (SSSR count).